The van der Waals surface area contributed by atoms with Crippen molar-refractivity contribution >= 4 is 11.6 Å². The summed E-state index contributed by atoms with van der Waals surface area (Å²) in [6.45, 7) is 1.48. The Bertz CT molecular complexity index is 352. The second-order valence-corrected chi connectivity index (χ2v) is 2.73. The lowest BCUT2D eigenvalue weighted by atomic mass is 10.2. The van der Waals surface area contributed by atoms with Crippen LogP contribution >= 0.6 is 0 Å². The Kier molecular flexibility index (Phi) is 3.11. The molecule has 0 radical (unpaired) electrons. The number of rotatable bonds is 2. The second-order valence-electron chi connectivity index (χ2n) is 2.73. The largest absolute Gasteiger partial charge is 0.319 e. The van der Waals surface area contributed by atoms with Gasteiger partial charge in [0.1, 0.15) is 5.82 Å². The summed E-state index contributed by atoms with van der Waals surface area (Å²) in [5.74, 6) is -2.20. The molecule has 1 rings (SSSR count). The van der Waals surface area contributed by atoms with Crippen LogP contribution < -0.4 is 5.32 Å². The van der Waals surface area contributed by atoms with Gasteiger partial charge >= 0.3 is 6.43 Å². The van der Waals surface area contributed by atoms with Crippen molar-refractivity contribution in [1.82, 2.24) is 0 Å². The third kappa shape index (κ3) is 2.25. The quantitative estimate of drug-likeness (QED) is 0.785. The molecule has 2 nitrogen and oxygen atoms in total. The summed E-state index contributed by atoms with van der Waals surface area (Å²) in [7, 11) is 0. The van der Waals surface area contributed by atoms with Crippen molar-refractivity contribution in [2.24, 2.45) is 0 Å². The van der Waals surface area contributed by atoms with Gasteiger partial charge in [-0.2, -0.15) is 8.78 Å². The summed E-state index contributed by atoms with van der Waals surface area (Å²) in [5.41, 5.74) is 0.0624. The summed E-state index contributed by atoms with van der Waals surface area (Å²) in [6, 6.07) is 4.18. The first-order chi connectivity index (χ1) is 6.52. The number of amides is 1. The first-order valence-electron chi connectivity index (χ1n) is 3.86. The molecule has 0 saturated carbocycles. The molecule has 0 fully saturated rings. The van der Waals surface area contributed by atoms with E-state index < -0.39 is 18.1 Å². The lowest BCUT2D eigenvalue weighted by Crippen LogP contribution is -2.20. The molecular formula is C9H8F3NO. The van der Waals surface area contributed by atoms with Gasteiger partial charge in [0.2, 0.25) is 0 Å². The van der Waals surface area contributed by atoms with Gasteiger partial charge in [0.15, 0.2) is 0 Å². The molecule has 1 N–H and O–H groups in total. The summed E-state index contributed by atoms with van der Waals surface area (Å²) >= 11 is 0. The van der Waals surface area contributed by atoms with Crippen molar-refractivity contribution in [3.05, 3.63) is 29.6 Å². The van der Waals surface area contributed by atoms with Crippen LogP contribution in [0.2, 0.25) is 0 Å². The van der Waals surface area contributed by atoms with Gasteiger partial charge in [-0.1, -0.05) is 12.1 Å². The molecule has 5 heteroatoms. The van der Waals surface area contributed by atoms with Gasteiger partial charge in [-0.05, 0) is 18.6 Å². The molecule has 1 amide bonds. The van der Waals surface area contributed by atoms with E-state index in [0.29, 0.717) is 0 Å². The van der Waals surface area contributed by atoms with Gasteiger partial charge in [-0.15, -0.1) is 0 Å². The minimum Gasteiger partial charge on any atom is -0.319 e. The van der Waals surface area contributed by atoms with Gasteiger partial charge in [0.25, 0.3) is 5.91 Å². The van der Waals surface area contributed by atoms with Crippen molar-refractivity contribution in [2.75, 3.05) is 5.32 Å². The van der Waals surface area contributed by atoms with E-state index in [1.807, 2.05) is 0 Å². The van der Waals surface area contributed by atoms with Gasteiger partial charge in [0.05, 0.1) is 5.69 Å². The number of benzene rings is 1. The average Bonchev–Trinajstić information content (AvgIpc) is 2.12. The van der Waals surface area contributed by atoms with Crippen molar-refractivity contribution < 1.29 is 18.0 Å². The molecule has 14 heavy (non-hydrogen) atoms. The third-order valence-corrected chi connectivity index (χ3v) is 1.65. The van der Waals surface area contributed by atoms with E-state index in [1.54, 1.807) is 5.32 Å². The number of anilines is 1. The topological polar surface area (TPSA) is 29.1 Å². The molecule has 76 valence electrons. The number of hydrogen-bond acceptors (Lipinski definition) is 1. The fourth-order valence-electron chi connectivity index (χ4n) is 0.931. The predicted octanol–water partition coefficient (Wildman–Crippen LogP) is 2.34. The molecule has 0 saturated heterocycles. The molecule has 1 aromatic rings. The number of nitrogens with one attached hydrogen (secondary N) is 1. The molecular weight excluding hydrogens is 195 g/mol. The standard InChI is InChI=1S/C9H8F3NO/c1-5-3-2-4-6(7(5)10)13-9(14)8(11)12/h2-4,8H,1H3,(H,13,14). The maximum Gasteiger partial charge on any atom is 0.315 e. The molecule has 0 atom stereocenters. The van der Waals surface area contributed by atoms with Crippen LogP contribution in [0.3, 0.4) is 0 Å². The van der Waals surface area contributed by atoms with E-state index >= 15 is 0 Å². The summed E-state index contributed by atoms with van der Waals surface area (Å²) in [6.07, 6.45) is -3.14. The van der Waals surface area contributed by atoms with E-state index in [0.717, 1.165) is 0 Å². The van der Waals surface area contributed by atoms with Crippen LogP contribution in [0.1, 0.15) is 5.56 Å². The molecule has 0 aliphatic carbocycles. The van der Waals surface area contributed by atoms with Crippen LogP contribution in [0, 0.1) is 12.7 Å². The number of alkyl halides is 2. The molecule has 1 aromatic carbocycles. The Hall–Kier alpha value is -1.52. The van der Waals surface area contributed by atoms with E-state index in [4.69, 9.17) is 0 Å². The predicted molar refractivity (Wildman–Crippen MR) is 45.8 cm³/mol. The maximum atomic E-state index is 13.2. The molecule has 0 unspecified atom stereocenters. The smallest absolute Gasteiger partial charge is 0.315 e. The third-order valence-electron chi connectivity index (χ3n) is 1.65. The van der Waals surface area contributed by atoms with Crippen LogP contribution in [0.4, 0.5) is 18.9 Å². The zero-order valence-electron chi connectivity index (χ0n) is 7.35. The van der Waals surface area contributed by atoms with Gasteiger partial charge in [-0.25, -0.2) is 4.39 Å². The number of halogens is 3. The number of carbonyl (C=O) groups excluding carboxylic acids is 1. The van der Waals surface area contributed by atoms with Crippen LogP contribution in [0.5, 0.6) is 0 Å². The fourth-order valence-corrected chi connectivity index (χ4v) is 0.931. The monoisotopic (exact) mass is 203 g/mol. The SMILES string of the molecule is Cc1cccc(NC(=O)C(F)F)c1F. The second kappa shape index (κ2) is 4.13. The zero-order valence-corrected chi connectivity index (χ0v) is 7.35. The summed E-state index contributed by atoms with van der Waals surface area (Å²) in [4.78, 5) is 10.5. The Morgan fingerprint density at radius 2 is 2.07 bits per heavy atom. The number of carbonyl (C=O) groups is 1. The van der Waals surface area contributed by atoms with Crippen molar-refractivity contribution in [3.8, 4) is 0 Å². The van der Waals surface area contributed by atoms with Crippen molar-refractivity contribution in [2.45, 2.75) is 13.3 Å². The van der Waals surface area contributed by atoms with Crippen LogP contribution in [0.15, 0.2) is 18.2 Å². The highest BCUT2D eigenvalue weighted by Crippen LogP contribution is 2.17. The number of hydrogen-bond donors (Lipinski definition) is 1. The molecule has 0 aromatic heterocycles. The zero-order chi connectivity index (χ0) is 10.7. The number of aryl methyl sites for hydroxylation is 1. The van der Waals surface area contributed by atoms with Crippen molar-refractivity contribution in [3.63, 3.8) is 0 Å². The minimum absolute atomic E-state index is 0.227. The Morgan fingerprint density at radius 3 is 2.64 bits per heavy atom. The van der Waals surface area contributed by atoms with E-state index in [2.05, 4.69) is 0 Å². The molecule has 0 aliphatic rings. The lowest BCUT2D eigenvalue weighted by molar-refractivity contribution is -0.126. The van der Waals surface area contributed by atoms with Crippen LogP contribution in [-0.4, -0.2) is 12.3 Å². The van der Waals surface area contributed by atoms with Crippen LogP contribution in [0.25, 0.3) is 0 Å². The lowest BCUT2D eigenvalue weighted by Gasteiger charge is -2.06. The molecule has 0 spiro atoms. The summed E-state index contributed by atoms with van der Waals surface area (Å²) in [5, 5.41) is 1.79. The van der Waals surface area contributed by atoms with Gasteiger partial charge in [0, 0.05) is 0 Å². The highest BCUT2D eigenvalue weighted by Gasteiger charge is 2.16. The normalized spacial score (nSPS) is 10.4. The molecule has 0 bridgehead atoms. The molecule has 0 aliphatic heterocycles. The Labute approximate surface area is 78.7 Å². The average molecular weight is 203 g/mol. The van der Waals surface area contributed by atoms with Gasteiger partial charge in [-0.3, -0.25) is 4.79 Å². The highest BCUT2D eigenvalue weighted by atomic mass is 19.3. The maximum absolute atomic E-state index is 13.2. The Morgan fingerprint density at radius 1 is 1.43 bits per heavy atom. The van der Waals surface area contributed by atoms with E-state index in [1.165, 1.54) is 25.1 Å². The van der Waals surface area contributed by atoms with Crippen LogP contribution in [-0.2, 0) is 4.79 Å². The van der Waals surface area contributed by atoms with Gasteiger partial charge < -0.3 is 5.32 Å². The van der Waals surface area contributed by atoms with Crippen molar-refractivity contribution in [1.29, 1.82) is 0 Å². The first kappa shape index (κ1) is 10.6. The highest BCUT2D eigenvalue weighted by molar-refractivity contribution is 5.93. The fraction of sp³-hybridized carbons (Fsp3) is 0.222. The molecule has 0 heterocycles. The van der Waals surface area contributed by atoms with E-state index in [-0.39, 0.29) is 11.3 Å². The first-order valence-corrected chi connectivity index (χ1v) is 3.86. The summed E-state index contributed by atoms with van der Waals surface area (Å²) < 4.78 is 36.8. The Balaban J connectivity index is 2.87. The minimum atomic E-state index is -3.14. The van der Waals surface area contributed by atoms with E-state index in [9.17, 15) is 18.0 Å².